The van der Waals surface area contributed by atoms with Gasteiger partial charge in [0.05, 0.1) is 12.7 Å². The highest BCUT2D eigenvalue weighted by molar-refractivity contribution is 5.31. The van der Waals surface area contributed by atoms with Gasteiger partial charge in [0.1, 0.15) is 5.75 Å². The quantitative estimate of drug-likeness (QED) is 0.866. The van der Waals surface area contributed by atoms with E-state index in [0.29, 0.717) is 13.1 Å². The van der Waals surface area contributed by atoms with Crippen LogP contribution in [0.2, 0.25) is 0 Å². The first-order valence-corrected chi connectivity index (χ1v) is 6.86. The number of benzene rings is 1. The lowest BCUT2D eigenvalue weighted by atomic mass is 9.92. The van der Waals surface area contributed by atoms with E-state index in [4.69, 9.17) is 10.5 Å². The fourth-order valence-electron chi connectivity index (χ4n) is 2.87. The molecule has 0 spiro atoms. The first-order chi connectivity index (χ1) is 9.05. The molecule has 4 heteroatoms. The Balaban J connectivity index is 2.18. The number of nitrogens with zero attached hydrogens (tertiary/aromatic N) is 1. The van der Waals surface area contributed by atoms with Crippen molar-refractivity contribution in [1.82, 2.24) is 4.90 Å². The van der Waals surface area contributed by atoms with Gasteiger partial charge in [0.25, 0.3) is 0 Å². The number of likely N-dealkylation sites (tertiary alicyclic amines) is 1. The van der Waals surface area contributed by atoms with Gasteiger partial charge in [-0.05, 0) is 44.0 Å². The molecule has 2 atom stereocenters. The van der Waals surface area contributed by atoms with Crippen molar-refractivity contribution >= 4 is 0 Å². The van der Waals surface area contributed by atoms with Gasteiger partial charge < -0.3 is 15.6 Å². The van der Waals surface area contributed by atoms with E-state index in [-0.39, 0.29) is 6.04 Å². The summed E-state index contributed by atoms with van der Waals surface area (Å²) in [4.78, 5) is 2.28. The Bertz CT molecular complexity index is 420. The molecule has 1 fully saturated rings. The minimum Gasteiger partial charge on any atom is -0.497 e. The third-order valence-electron chi connectivity index (χ3n) is 3.85. The van der Waals surface area contributed by atoms with E-state index < -0.39 is 5.60 Å². The standard InChI is InChI=1S/C15H24N2O2/c1-15(18)7-4-8-17(11-15)14(10-16)12-5-3-6-13(9-12)19-2/h3,5-6,9,14,18H,4,7-8,10-11,16H2,1-2H3. The minimum absolute atomic E-state index is 0.141. The van der Waals surface area contributed by atoms with E-state index in [0.717, 1.165) is 30.7 Å². The van der Waals surface area contributed by atoms with Crippen LogP contribution in [0.5, 0.6) is 5.75 Å². The summed E-state index contributed by atoms with van der Waals surface area (Å²) in [6.45, 7) is 4.10. The van der Waals surface area contributed by atoms with Crippen LogP contribution in [0.15, 0.2) is 24.3 Å². The molecule has 1 aliphatic heterocycles. The van der Waals surface area contributed by atoms with E-state index in [2.05, 4.69) is 11.0 Å². The van der Waals surface area contributed by atoms with Crippen LogP contribution in [-0.2, 0) is 0 Å². The maximum atomic E-state index is 10.2. The lowest BCUT2D eigenvalue weighted by Gasteiger charge is -2.41. The van der Waals surface area contributed by atoms with Crippen molar-refractivity contribution in [2.75, 3.05) is 26.7 Å². The molecule has 19 heavy (non-hydrogen) atoms. The number of hydrogen-bond acceptors (Lipinski definition) is 4. The van der Waals surface area contributed by atoms with Crippen molar-refractivity contribution in [1.29, 1.82) is 0 Å². The molecule has 3 N–H and O–H groups in total. The number of rotatable bonds is 4. The molecule has 0 bridgehead atoms. The van der Waals surface area contributed by atoms with Gasteiger partial charge in [-0.15, -0.1) is 0 Å². The fourth-order valence-corrected chi connectivity index (χ4v) is 2.87. The second-order valence-electron chi connectivity index (χ2n) is 5.60. The number of hydrogen-bond donors (Lipinski definition) is 2. The van der Waals surface area contributed by atoms with Gasteiger partial charge in [0, 0.05) is 19.1 Å². The highest BCUT2D eigenvalue weighted by Gasteiger charge is 2.32. The summed E-state index contributed by atoms with van der Waals surface area (Å²) in [7, 11) is 1.67. The Labute approximate surface area is 115 Å². The molecule has 1 aliphatic rings. The first-order valence-electron chi connectivity index (χ1n) is 6.86. The summed E-state index contributed by atoms with van der Waals surface area (Å²) in [5, 5.41) is 10.2. The smallest absolute Gasteiger partial charge is 0.119 e. The maximum Gasteiger partial charge on any atom is 0.119 e. The van der Waals surface area contributed by atoms with Crippen molar-refractivity contribution in [2.45, 2.75) is 31.4 Å². The average molecular weight is 264 g/mol. The molecular weight excluding hydrogens is 240 g/mol. The molecule has 1 heterocycles. The van der Waals surface area contributed by atoms with Crippen LogP contribution < -0.4 is 10.5 Å². The molecule has 0 saturated carbocycles. The minimum atomic E-state index is -0.607. The normalized spacial score (nSPS) is 26.1. The van der Waals surface area contributed by atoms with Crippen LogP contribution >= 0.6 is 0 Å². The molecule has 4 nitrogen and oxygen atoms in total. The van der Waals surface area contributed by atoms with Gasteiger partial charge in [-0.25, -0.2) is 0 Å². The van der Waals surface area contributed by atoms with Crippen LogP contribution in [0.3, 0.4) is 0 Å². The Morgan fingerprint density at radius 3 is 2.95 bits per heavy atom. The third-order valence-corrected chi connectivity index (χ3v) is 3.85. The largest absolute Gasteiger partial charge is 0.497 e. The van der Waals surface area contributed by atoms with E-state index >= 15 is 0 Å². The van der Waals surface area contributed by atoms with Crippen molar-refractivity contribution < 1.29 is 9.84 Å². The number of β-amino-alcohol motifs (C(OH)–C–C–N with tert-alkyl or cyclic N) is 1. The lowest BCUT2D eigenvalue weighted by molar-refractivity contribution is -0.0293. The van der Waals surface area contributed by atoms with Crippen LogP contribution in [0, 0.1) is 0 Å². The van der Waals surface area contributed by atoms with Gasteiger partial charge in [0.2, 0.25) is 0 Å². The van der Waals surface area contributed by atoms with Gasteiger partial charge in [-0.3, -0.25) is 4.90 Å². The summed E-state index contributed by atoms with van der Waals surface area (Å²) in [5.74, 6) is 0.847. The molecular formula is C15H24N2O2. The van der Waals surface area contributed by atoms with Crippen molar-refractivity contribution in [3.05, 3.63) is 29.8 Å². The Morgan fingerprint density at radius 1 is 1.53 bits per heavy atom. The SMILES string of the molecule is COc1cccc(C(CN)N2CCCC(C)(O)C2)c1. The van der Waals surface area contributed by atoms with Crippen molar-refractivity contribution in [3.8, 4) is 5.75 Å². The highest BCUT2D eigenvalue weighted by atomic mass is 16.5. The van der Waals surface area contributed by atoms with Crippen molar-refractivity contribution in [2.24, 2.45) is 5.73 Å². The lowest BCUT2D eigenvalue weighted by Crippen LogP contribution is -2.48. The van der Waals surface area contributed by atoms with Gasteiger partial charge in [-0.2, -0.15) is 0 Å². The molecule has 0 amide bonds. The predicted molar refractivity (Wildman–Crippen MR) is 76.2 cm³/mol. The van der Waals surface area contributed by atoms with Gasteiger partial charge in [0.15, 0.2) is 0 Å². The monoisotopic (exact) mass is 264 g/mol. The fraction of sp³-hybridized carbons (Fsp3) is 0.600. The third kappa shape index (κ3) is 3.47. The molecule has 0 radical (unpaired) electrons. The van der Waals surface area contributed by atoms with E-state index in [1.807, 2.05) is 25.1 Å². The number of methoxy groups -OCH3 is 1. The summed E-state index contributed by atoms with van der Waals surface area (Å²) >= 11 is 0. The zero-order valence-electron chi connectivity index (χ0n) is 11.8. The number of piperidine rings is 1. The van der Waals surface area contributed by atoms with E-state index in [1.165, 1.54) is 0 Å². The second kappa shape index (κ2) is 5.90. The molecule has 2 unspecified atom stereocenters. The molecule has 1 aromatic rings. The molecule has 2 rings (SSSR count). The topological polar surface area (TPSA) is 58.7 Å². The maximum absolute atomic E-state index is 10.2. The zero-order chi connectivity index (χ0) is 13.9. The molecule has 0 aromatic heterocycles. The second-order valence-corrected chi connectivity index (χ2v) is 5.60. The predicted octanol–water partition coefficient (Wildman–Crippen LogP) is 1.54. The summed E-state index contributed by atoms with van der Waals surface area (Å²) < 4.78 is 5.27. The average Bonchev–Trinajstić information content (AvgIpc) is 2.39. The molecule has 1 saturated heterocycles. The van der Waals surface area contributed by atoms with Crippen LogP contribution in [0.1, 0.15) is 31.4 Å². The van der Waals surface area contributed by atoms with E-state index in [1.54, 1.807) is 7.11 Å². The van der Waals surface area contributed by atoms with Crippen LogP contribution in [-0.4, -0.2) is 42.4 Å². The Kier molecular flexibility index (Phi) is 4.45. The summed E-state index contributed by atoms with van der Waals surface area (Å²) in [6.07, 6.45) is 1.87. The Morgan fingerprint density at radius 2 is 2.32 bits per heavy atom. The molecule has 0 aliphatic carbocycles. The van der Waals surface area contributed by atoms with Crippen molar-refractivity contribution in [3.63, 3.8) is 0 Å². The van der Waals surface area contributed by atoms with Gasteiger partial charge in [-0.1, -0.05) is 12.1 Å². The van der Waals surface area contributed by atoms with E-state index in [9.17, 15) is 5.11 Å². The van der Waals surface area contributed by atoms with Crippen LogP contribution in [0.25, 0.3) is 0 Å². The highest BCUT2D eigenvalue weighted by Crippen LogP contribution is 2.29. The van der Waals surface area contributed by atoms with Crippen LogP contribution in [0.4, 0.5) is 0 Å². The van der Waals surface area contributed by atoms with Gasteiger partial charge >= 0.3 is 0 Å². The summed E-state index contributed by atoms with van der Waals surface area (Å²) in [5.41, 5.74) is 6.50. The Hall–Kier alpha value is -1.10. The number of nitrogens with two attached hydrogens (primary N) is 1. The number of ether oxygens (including phenoxy) is 1. The molecule has 106 valence electrons. The summed E-state index contributed by atoms with van der Waals surface area (Å²) in [6, 6.07) is 8.16. The first kappa shape index (κ1) is 14.3. The molecule has 1 aromatic carbocycles. The number of aliphatic hydroxyl groups is 1. The zero-order valence-corrected chi connectivity index (χ0v) is 11.8.